The first-order valence-electron chi connectivity index (χ1n) is 8.91. The number of hydrogen-bond acceptors (Lipinski definition) is 4. The molecule has 1 saturated carbocycles. The smallest absolute Gasteiger partial charge is 0.135 e. The third kappa shape index (κ3) is 3.32. The number of rotatable bonds is 5. The molecule has 4 rings (SSSR count). The van der Waals surface area contributed by atoms with E-state index in [1.807, 2.05) is 11.6 Å². The summed E-state index contributed by atoms with van der Waals surface area (Å²) >= 11 is 0. The average Bonchev–Trinajstić information content (AvgIpc) is 3.26. The highest BCUT2D eigenvalue weighted by Crippen LogP contribution is 2.37. The maximum Gasteiger partial charge on any atom is 0.135 e. The zero-order valence-electron chi connectivity index (χ0n) is 14.7. The van der Waals surface area contributed by atoms with Gasteiger partial charge in [0.05, 0.1) is 6.10 Å². The van der Waals surface area contributed by atoms with E-state index in [2.05, 4.69) is 51.7 Å². The summed E-state index contributed by atoms with van der Waals surface area (Å²) < 4.78 is 1.96. The topological polar surface area (TPSA) is 78.8 Å². The van der Waals surface area contributed by atoms with Gasteiger partial charge < -0.3 is 20.0 Å². The predicted molar refractivity (Wildman–Crippen MR) is 97.2 cm³/mol. The highest BCUT2D eigenvalue weighted by atomic mass is 16.3. The Hall–Kier alpha value is -2.18. The van der Waals surface area contributed by atoms with Crippen LogP contribution in [0.5, 0.6) is 0 Å². The fourth-order valence-corrected chi connectivity index (χ4v) is 3.98. The third-order valence-corrected chi connectivity index (χ3v) is 5.32. The lowest BCUT2D eigenvalue weighted by molar-refractivity contribution is 0.131. The SMILES string of the molecule is Cc1ccc2cc(CNC[C@H]3C[C@H](c4nncn4C)C[C@H]3O)[nH]c2c1. The van der Waals surface area contributed by atoms with Crippen molar-refractivity contribution in [3.05, 3.63) is 47.7 Å². The summed E-state index contributed by atoms with van der Waals surface area (Å²) in [5, 5.41) is 23.3. The van der Waals surface area contributed by atoms with Crippen molar-refractivity contribution in [3.63, 3.8) is 0 Å². The standard InChI is InChI=1S/C19H25N5O/c1-12-3-4-13-7-16(22-17(13)5-12)10-20-9-15-6-14(8-18(15)25)19-23-21-11-24(19)2/h3-5,7,11,14-15,18,20,22,25H,6,8-10H2,1-2H3/t14-,15+,18+/m0/s1. The van der Waals surface area contributed by atoms with Gasteiger partial charge in [-0.05, 0) is 48.8 Å². The van der Waals surface area contributed by atoms with Crippen molar-refractivity contribution in [3.8, 4) is 0 Å². The molecule has 0 bridgehead atoms. The molecule has 1 aliphatic rings. The van der Waals surface area contributed by atoms with Gasteiger partial charge in [0, 0.05) is 37.3 Å². The molecule has 1 fully saturated rings. The van der Waals surface area contributed by atoms with Gasteiger partial charge in [-0.3, -0.25) is 0 Å². The first-order valence-corrected chi connectivity index (χ1v) is 8.91. The summed E-state index contributed by atoms with van der Waals surface area (Å²) in [6, 6.07) is 8.64. The number of nitrogens with zero attached hydrogens (tertiary/aromatic N) is 3. The quantitative estimate of drug-likeness (QED) is 0.666. The van der Waals surface area contributed by atoms with Crippen molar-refractivity contribution >= 4 is 10.9 Å². The number of aliphatic hydroxyl groups excluding tert-OH is 1. The average molecular weight is 339 g/mol. The van der Waals surface area contributed by atoms with Crippen LogP contribution in [0.2, 0.25) is 0 Å². The van der Waals surface area contributed by atoms with Crippen LogP contribution in [0.1, 0.15) is 35.8 Å². The van der Waals surface area contributed by atoms with Crippen molar-refractivity contribution < 1.29 is 5.11 Å². The molecule has 6 nitrogen and oxygen atoms in total. The minimum atomic E-state index is -0.278. The summed E-state index contributed by atoms with van der Waals surface area (Å²) in [5.41, 5.74) is 3.62. The molecule has 2 heterocycles. The van der Waals surface area contributed by atoms with Gasteiger partial charge in [0.1, 0.15) is 12.2 Å². The maximum absolute atomic E-state index is 10.4. The Morgan fingerprint density at radius 3 is 3.00 bits per heavy atom. The van der Waals surface area contributed by atoms with Gasteiger partial charge in [0.25, 0.3) is 0 Å². The number of aromatic amines is 1. The molecule has 6 heteroatoms. The molecular formula is C19H25N5O. The van der Waals surface area contributed by atoms with Crippen LogP contribution in [0, 0.1) is 12.8 Å². The highest BCUT2D eigenvalue weighted by molar-refractivity contribution is 5.81. The Balaban J connectivity index is 1.34. The highest BCUT2D eigenvalue weighted by Gasteiger charge is 2.35. The van der Waals surface area contributed by atoms with Crippen molar-refractivity contribution in [1.82, 2.24) is 25.1 Å². The summed E-state index contributed by atoms with van der Waals surface area (Å²) in [4.78, 5) is 3.47. The molecule has 0 unspecified atom stereocenters. The Bertz CT molecular complexity index is 868. The lowest BCUT2D eigenvalue weighted by Crippen LogP contribution is -2.27. The normalized spacial score (nSPS) is 23.6. The molecule has 0 spiro atoms. The van der Waals surface area contributed by atoms with Crippen molar-refractivity contribution in [1.29, 1.82) is 0 Å². The second-order valence-corrected chi connectivity index (χ2v) is 7.31. The van der Waals surface area contributed by atoms with E-state index in [0.717, 1.165) is 31.8 Å². The van der Waals surface area contributed by atoms with Gasteiger partial charge in [-0.2, -0.15) is 0 Å². The molecule has 0 aliphatic heterocycles. The van der Waals surface area contributed by atoms with E-state index in [-0.39, 0.29) is 12.0 Å². The monoisotopic (exact) mass is 339 g/mol. The predicted octanol–water partition coefficient (Wildman–Crippen LogP) is 2.25. The zero-order valence-corrected chi connectivity index (χ0v) is 14.7. The van der Waals surface area contributed by atoms with E-state index >= 15 is 0 Å². The minimum Gasteiger partial charge on any atom is -0.393 e. The Morgan fingerprint density at radius 2 is 2.20 bits per heavy atom. The van der Waals surface area contributed by atoms with Gasteiger partial charge >= 0.3 is 0 Å². The van der Waals surface area contributed by atoms with E-state index in [4.69, 9.17) is 0 Å². The number of fused-ring (bicyclic) bond motifs is 1. The fourth-order valence-electron chi connectivity index (χ4n) is 3.98. The van der Waals surface area contributed by atoms with Crippen LogP contribution in [-0.2, 0) is 13.6 Å². The molecule has 3 aromatic rings. The molecule has 25 heavy (non-hydrogen) atoms. The zero-order chi connectivity index (χ0) is 17.4. The second-order valence-electron chi connectivity index (χ2n) is 7.31. The van der Waals surface area contributed by atoms with Crippen LogP contribution in [0.4, 0.5) is 0 Å². The summed E-state index contributed by atoms with van der Waals surface area (Å²) in [5.74, 6) is 1.53. The van der Waals surface area contributed by atoms with Crippen LogP contribution in [0.3, 0.4) is 0 Å². The summed E-state index contributed by atoms with van der Waals surface area (Å²) in [6.07, 6.45) is 3.17. The molecule has 2 aromatic heterocycles. The van der Waals surface area contributed by atoms with Gasteiger partial charge in [-0.1, -0.05) is 12.1 Å². The number of benzene rings is 1. The number of hydrogen-bond donors (Lipinski definition) is 3. The number of aryl methyl sites for hydroxylation is 2. The number of aliphatic hydroxyl groups is 1. The van der Waals surface area contributed by atoms with Crippen LogP contribution >= 0.6 is 0 Å². The molecule has 0 amide bonds. The molecule has 3 N–H and O–H groups in total. The Labute approximate surface area is 147 Å². The van der Waals surface area contributed by atoms with Gasteiger partial charge in [-0.15, -0.1) is 10.2 Å². The summed E-state index contributed by atoms with van der Waals surface area (Å²) in [7, 11) is 1.96. The van der Waals surface area contributed by atoms with Gasteiger partial charge in [0.15, 0.2) is 0 Å². The molecular weight excluding hydrogens is 314 g/mol. The lowest BCUT2D eigenvalue weighted by Gasteiger charge is -2.14. The fraction of sp³-hybridized carbons (Fsp3) is 0.474. The molecule has 3 atom stereocenters. The lowest BCUT2D eigenvalue weighted by atomic mass is 10.0. The van der Waals surface area contributed by atoms with Gasteiger partial charge in [0.2, 0.25) is 0 Å². The van der Waals surface area contributed by atoms with Crippen LogP contribution in [0.25, 0.3) is 10.9 Å². The molecule has 0 radical (unpaired) electrons. The van der Waals surface area contributed by atoms with Crippen molar-refractivity contribution in [2.24, 2.45) is 13.0 Å². The van der Waals surface area contributed by atoms with E-state index in [0.29, 0.717) is 5.92 Å². The van der Waals surface area contributed by atoms with Crippen molar-refractivity contribution in [2.75, 3.05) is 6.54 Å². The molecule has 132 valence electrons. The molecule has 1 aromatic carbocycles. The Kier molecular flexibility index (Phi) is 4.31. The molecule has 1 aliphatic carbocycles. The van der Waals surface area contributed by atoms with Crippen LogP contribution in [-0.4, -0.2) is 37.5 Å². The first kappa shape index (κ1) is 16.3. The number of aromatic nitrogens is 4. The minimum absolute atomic E-state index is 0.258. The van der Waals surface area contributed by atoms with E-state index in [1.54, 1.807) is 6.33 Å². The largest absolute Gasteiger partial charge is 0.393 e. The van der Waals surface area contributed by atoms with E-state index < -0.39 is 0 Å². The van der Waals surface area contributed by atoms with E-state index in [1.165, 1.54) is 22.2 Å². The Morgan fingerprint density at radius 1 is 1.32 bits per heavy atom. The second kappa shape index (κ2) is 6.61. The first-order chi connectivity index (χ1) is 12.1. The van der Waals surface area contributed by atoms with Crippen molar-refractivity contribution in [2.45, 2.75) is 38.3 Å². The number of nitrogens with one attached hydrogen (secondary N) is 2. The van der Waals surface area contributed by atoms with E-state index in [9.17, 15) is 5.11 Å². The molecule has 0 saturated heterocycles. The summed E-state index contributed by atoms with van der Waals surface area (Å²) in [6.45, 7) is 3.70. The van der Waals surface area contributed by atoms with Crippen LogP contribution in [0.15, 0.2) is 30.6 Å². The van der Waals surface area contributed by atoms with Crippen LogP contribution < -0.4 is 5.32 Å². The number of H-pyrrole nitrogens is 1. The third-order valence-electron chi connectivity index (χ3n) is 5.32. The van der Waals surface area contributed by atoms with Gasteiger partial charge in [-0.25, -0.2) is 0 Å². The maximum atomic E-state index is 10.4.